The Morgan fingerprint density at radius 2 is 1.95 bits per heavy atom. The second kappa shape index (κ2) is 5.39. The highest BCUT2D eigenvalue weighted by molar-refractivity contribution is 7.08. The number of likely N-dealkylation sites (N-methyl/N-ethyl adjacent to an activating group) is 2. The van der Waals surface area contributed by atoms with Crippen LogP contribution in [0.25, 0.3) is 0 Å². The van der Waals surface area contributed by atoms with Crippen LogP contribution in [-0.2, 0) is 16.0 Å². The highest BCUT2D eigenvalue weighted by Crippen LogP contribution is 2.35. The van der Waals surface area contributed by atoms with Gasteiger partial charge >= 0.3 is 6.03 Å². The first kappa shape index (κ1) is 15.0. The lowest BCUT2D eigenvalue weighted by Gasteiger charge is -2.40. The number of nitrogens with zero attached hydrogens (tertiary/aromatic N) is 3. The molecule has 1 aromatic heterocycles. The summed E-state index contributed by atoms with van der Waals surface area (Å²) in [7, 11) is 3.19. The first-order valence-corrected chi connectivity index (χ1v) is 8.25. The van der Waals surface area contributed by atoms with Gasteiger partial charge in [0.25, 0.3) is 5.91 Å². The van der Waals surface area contributed by atoms with Crippen LogP contribution < -0.4 is 0 Å². The molecular formula is C15H19N3O3S. The van der Waals surface area contributed by atoms with E-state index in [4.69, 9.17) is 0 Å². The maximum absolute atomic E-state index is 12.4. The molecule has 0 unspecified atom stereocenters. The largest absolute Gasteiger partial charge is 0.342 e. The fourth-order valence-electron chi connectivity index (χ4n) is 3.31. The maximum Gasteiger partial charge on any atom is 0.327 e. The second-order valence-corrected chi connectivity index (χ2v) is 6.71. The molecule has 0 N–H and O–H groups in total. The Labute approximate surface area is 133 Å². The summed E-state index contributed by atoms with van der Waals surface area (Å²) >= 11 is 1.58. The minimum Gasteiger partial charge on any atom is -0.342 e. The highest BCUT2D eigenvalue weighted by atomic mass is 32.1. The van der Waals surface area contributed by atoms with Gasteiger partial charge in [-0.3, -0.25) is 14.5 Å². The van der Waals surface area contributed by atoms with E-state index in [0.717, 1.165) is 5.56 Å². The molecule has 0 atom stereocenters. The van der Waals surface area contributed by atoms with E-state index in [1.54, 1.807) is 23.3 Å². The fourth-order valence-corrected chi connectivity index (χ4v) is 3.97. The standard InChI is InChI=1S/C15H19N3O3S/c1-16-13(20)15(17(2)14(16)21)4-6-18(7-5-15)12(19)9-11-3-8-22-10-11/h3,8,10H,4-7,9H2,1-2H3. The van der Waals surface area contributed by atoms with E-state index in [1.807, 2.05) is 16.8 Å². The zero-order valence-corrected chi connectivity index (χ0v) is 13.6. The van der Waals surface area contributed by atoms with Crippen LogP contribution in [-0.4, -0.2) is 65.3 Å². The van der Waals surface area contributed by atoms with Crippen molar-refractivity contribution >= 4 is 29.2 Å². The first-order chi connectivity index (χ1) is 10.5. The lowest BCUT2D eigenvalue weighted by molar-refractivity contribution is -0.139. The van der Waals surface area contributed by atoms with Gasteiger partial charge in [-0.1, -0.05) is 0 Å². The van der Waals surface area contributed by atoms with Gasteiger partial charge in [0.2, 0.25) is 5.91 Å². The lowest BCUT2D eigenvalue weighted by Crippen LogP contribution is -2.56. The average molecular weight is 321 g/mol. The molecule has 3 heterocycles. The Hall–Kier alpha value is -1.89. The van der Waals surface area contributed by atoms with Crippen LogP contribution in [0.2, 0.25) is 0 Å². The van der Waals surface area contributed by atoms with E-state index in [9.17, 15) is 14.4 Å². The van der Waals surface area contributed by atoms with Crippen molar-refractivity contribution in [2.75, 3.05) is 27.2 Å². The molecule has 118 valence electrons. The van der Waals surface area contributed by atoms with Crippen molar-refractivity contribution in [1.82, 2.24) is 14.7 Å². The van der Waals surface area contributed by atoms with Crippen LogP contribution in [0.1, 0.15) is 18.4 Å². The molecule has 22 heavy (non-hydrogen) atoms. The Morgan fingerprint density at radius 1 is 1.27 bits per heavy atom. The van der Waals surface area contributed by atoms with Gasteiger partial charge < -0.3 is 9.80 Å². The number of thiophene rings is 1. The predicted molar refractivity (Wildman–Crippen MR) is 82.5 cm³/mol. The SMILES string of the molecule is CN1C(=O)N(C)C2(CCN(C(=O)Cc3ccsc3)CC2)C1=O. The minimum atomic E-state index is -0.759. The molecule has 2 aliphatic rings. The van der Waals surface area contributed by atoms with Gasteiger partial charge in [-0.15, -0.1) is 0 Å². The van der Waals surface area contributed by atoms with Crippen molar-refractivity contribution in [2.45, 2.75) is 24.8 Å². The third-order valence-electron chi connectivity index (χ3n) is 4.80. The summed E-state index contributed by atoms with van der Waals surface area (Å²) < 4.78 is 0. The van der Waals surface area contributed by atoms with Gasteiger partial charge in [-0.25, -0.2) is 4.79 Å². The number of amides is 4. The molecule has 4 amide bonds. The van der Waals surface area contributed by atoms with Crippen molar-refractivity contribution < 1.29 is 14.4 Å². The Balaban J connectivity index is 1.66. The monoisotopic (exact) mass is 321 g/mol. The van der Waals surface area contributed by atoms with Gasteiger partial charge in [-0.2, -0.15) is 11.3 Å². The fraction of sp³-hybridized carbons (Fsp3) is 0.533. The summed E-state index contributed by atoms with van der Waals surface area (Å²) in [5.41, 5.74) is 0.268. The van der Waals surface area contributed by atoms with Crippen LogP contribution in [0.3, 0.4) is 0 Å². The molecule has 0 saturated carbocycles. The van der Waals surface area contributed by atoms with Crippen LogP contribution in [0.5, 0.6) is 0 Å². The third kappa shape index (κ3) is 2.20. The number of carbonyl (C=O) groups is 3. The van der Waals surface area contributed by atoms with Crippen molar-refractivity contribution in [3.63, 3.8) is 0 Å². The number of carbonyl (C=O) groups excluding carboxylic acids is 3. The van der Waals surface area contributed by atoms with Gasteiger partial charge in [0.05, 0.1) is 6.42 Å². The predicted octanol–water partition coefficient (Wildman–Crippen LogP) is 1.18. The molecule has 2 saturated heterocycles. The quantitative estimate of drug-likeness (QED) is 0.769. The molecule has 3 rings (SSSR count). The molecule has 6 nitrogen and oxygen atoms in total. The van der Waals surface area contributed by atoms with E-state index in [1.165, 1.54) is 16.8 Å². The smallest absolute Gasteiger partial charge is 0.327 e. The van der Waals surface area contributed by atoms with E-state index in [2.05, 4.69) is 0 Å². The summed E-state index contributed by atoms with van der Waals surface area (Å²) in [6.45, 7) is 1.03. The number of urea groups is 1. The molecule has 1 aromatic rings. The summed E-state index contributed by atoms with van der Waals surface area (Å²) in [5, 5.41) is 3.94. The van der Waals surface area contributed by atoms with Crippen LogP contribution >= 0.6 is 11.3 Å². The molecular weight excluding hydrogens is 302 g/mol. The Kier molecular flexibility index (Phi) is 3.68. The summed E-state index contributed by atoms with van der Waals surface area (Å²) in [6, 6.07) is 1.69. The van der Waals surface area contributed by atoms with Gasteiger partial charge in [0.15, 0.2) is 0 Å². The molecule has 0 radical (unpaired) electrons. The molecule has 1 spiro atoms. The molecule has 2 fully saturated rings. The minimum absolute atomic E-state index is 0.0843. The van der Waals surface area contributed by atoms with Gasteiger partial charge in [0, 0.05) is 27.2 Å². The lowest BCUT2D eigenvalue weighted by atomic mass is 9.86. The number of piperidine rings is 1. The van der Waals surface area contributed by atoms with Gasteiger partial charge in [0.1, 0.15) is 5.54 Å². The number of hydrogen-bond acceptors (Lipinski definition) is 4. The number of likely N-dealkylation sites (tertiary alicyclic amines) is 1. The van der Waals surface area contributed by atoms with Crippen LogP contribution in [0, 0.1) is 0 Å². The van der Waals surface area contributed by atoms with Crippen molar-refractivity contribution in [1.29, 1.82) is 0 Å². The maximum atomic E-state index is 12.4. The van der Waals surface area contributed by atoms with Crippen molar-refractivity contribution in [2.24, 2.45) is 0 Å². The second-order valence-electron chi connectivity index (χ2n) is 5.93. The van der Waals surface area contributed by atoms with E-state index in [-0.39, 0.29) is 17.8 Å². The summed E-state index contributed by atoms with van der Waals surface area (Å²) in [5.74, 6) is -0.0639. The van der Waals surface area contributed by atoms with E-state index in [0.29, 0.717) is 32.4 Å². The Morgan fingerprint density at radius 3 is 2.45 bits per heavy atom. The average Bonchev–Trinajstić information content (AvgIpc) is 3.08. The number of hydrogen-bond donors (Lipinski definition) is 0. The van der Waals surface area contributed by atoms with Crippen molar-refractivity contribution in [3.8, 4) is 0 Å². The molecule has 0 bridgehead atoms. The van der Waals surface area contributed by atoms with Gasteiger partial charge in [-0.05, 0) is 35.2 Å². The zero-order valence-electron chi connectivity index (χ0n) is 12.7. The zero-order chi connectivity index (χ0) is 15.9. The van der Waals surface area contributed by atoms with E-state index < -0.39 is 5.54 Å². The summed E-state index contributed by atoms with van der Waals surface area (Å²) in [4.78, 5) is 41.2. The molecule has 0 aliphatic carbocycles. The normalized spacial score (nSPS) is 21.1. The molecule has 0 aromatic carbocycles. The molecule has 7 heteroatoms. The van der Waals surface area contributed by atoms with Crippen LogP contribution in [0.4, 0.5) is 4.79 Å². The molecule has 2 aliphatic heterocycles. The van der Waals surface area contributed by atoms with Crippen molar-refractivity contribution in [3.05, 3.63) is 22.4 Å². The van der Waals surface area contributed by atoms with Crippen LogP contribution in [0.15, 0.2) is 16.8 Å². The number of imide groups is 1. The topological polar surface area (TPSA) is 60.9 Å². The number of rotatable bonds is 2. The summed E-state index contributed by atoms with van der Waals surface area (Å²) in [6.07, 6.45) is 1.42. The third-order valence-corrected chi connectivity index (χ3v) is 5.53. The van der Waals surface area contributed by atoms with E-state index >= 15 is 0 Å². The first-order valence-electron chi connectivity index (χ1n) is 7.30. The highest BCUT2D eigenvalue weighted by Gasteiger charge is 2.55. The Bertz CT molecular complexity index is 606.